The van der Waals surface area contributed by atoms with Gasteiger partial charge in [0.1, 0.15) is 18.4 Å². The molecular weight excluding hydrogens is 327 g/mol. The lowest BCUT2D eigenvalue weighted by Crippen LogP contribution is -2.46. The van der Waals surface area contributed by atoms with E-state index in [9.17, 15) is 4.79 Å². The molecule has 1 aromatic rings. The second-order valence-corrected chi connectivity index (χ2v) is 8.28. The topological polar surface area (TPSA) is 79.9 Å². The van der Waals surface area contributed by atoms with Gasteiger partial charge in [-0.2, -0.15) is 5.10 Å². The lowest BCUT2D eigenvalue weighted by molar-refractivity contribution is 0.0448. The SMILES string of the molecule is CBC1=CC(c2nc(C3(NC(=O)OC(C)(C)C)CCCC3)n[nH]2)=CCC1. The van der Waals surface area contributed by atoms with E-state index in [2.05, 4.69) is 34.5 Å². The van der Waals surface area contributed by atoms with Crippen LogP contribution in [0.3, 0.4) is 0 Å². The average Bonchev–Trinajstić information content (AvgIpc) is 3.23. The van der Waals surface area contributed by atoms with E-state index in [1.807, 2.05) is 20.8 Å². The van der Waals surface area contributed by atoms with E-state index in [-0.39, 0.29) is 0 Å². The number of alkyl carbamates (subject to hydrolysis) is 1. The van der Waals surface area contributed by atoms with Gasteiger partial charge in [0, 0.05) is 5.57 Å². The van der Waals surface area contributed by atoms with Crippen LogP contribution in [0.1, 0.15) is 70.9 Å². The van der Waals surface area contributed by atoms with Crippen LogP contribution in [0.25, 0.3) is 5.57 Å². The summed E-state index contributed by atoms with van der Waals surface area (Å²) in [6.45, 7) is 7.78. The van der Waals surface area contributed by atoms with Crippen LogP contribution in [-0.4, -0.2) is 34.2 Å². The number of hydrogen-bond donors (Lipinski definition) is 2. The van der Waals surface area contributed by atoms with E-state index in [1.165, 1.54) is 5.47 Å². The highest BCUT2D eigenvalue weighted by Crippen LogP contribution is 2.38. The van der Waals surface area contributed by atoms with E-state index >= 15 is 0 Å². The summed E-state index contributed by atoms with van der Waals surface area (Å²) in [6, 6.07) is 0. The molecule has 0 bridgehead atoms. The van der Waals surface area contributed by atoms with Gasteiger partial charge < -0.3 is 10.1 Å². The molecular formula is C19H29BN4O2. The van der Waals surface area contributed by atoms with Gasteiger partial charge in [0.2, 0.25) is 0 Å². The van der Waals surface area contributed by atoms with Crippen molar-refractivity contribution in [2.45, 2.75) is 77.3 Å². The average molecular weight is 356 g/mol. The fraction of sp³-hybridized carbons (Fsp3) is 0.632. The zero-order valence-electron chi connectivity index (χ0n) is 16.3. The fourth-order valence-corrected chi connectivity index (χ4v) is 3.69. The first-order chi connectivity index (χ1) is 12.3. The molecule has 26 heavy (non-hydrogen) atoms. The molecule has 2 aliphatic rings. The van der Waals surface area contributed by atoms with Crippen LogP contribution in [0.2, 0.25) is 6.82 Å². The summed E-state index contributed by atoms with van der Waals surface area (Å²) < 4.78 is 5.46. The molecule has 140 valence electrons. The molecule has 7 heteroatoms. The number of rotatable bonds is 4. The summed E-state index contributed by atoms with van der Waals surface area (Å²) >= 11 is 0. The largest absolute Gasteiger partial charge is 0.444 e. The van der Waals surface area contributed by atoms with Crippen molar-refractivity contribution in [3.8, 4) is 0 Å². The molecule has 1 aromatic heterocycles. The van der Waals surface area contributed by atoms with Gasteiger partial charge in [-0.15, -0.1) is 5.47 Å². The summed E-state index contributed by atoms with van der Waals surface area (Å²) in [5, 5.41) is 10.6. The zero-order chi connectivity index (χ0) is 18.8. The van der Waals surface area contributed by atoms with E-state index in [4.69, 9.17) is 9.72 Å². The van der Waals surface area contributed by atoms with Crippen LogP contribution in [-0.2, 0) is 10.3 Å². The van der Waals surface area contributed by atoms with E-state index in [0.717, 1.165) is 57.2 Å². The number of aromatic amines is 1. The molecule has 2 aliphatic carbocycles. The van der Waals surface area contributed by atoms with Gasteiger partial charge in [-0.3, -0.25) is 5.10 Å². The number of H-pyrrole nitrogens is 1. The van der Waals surface area contributed by atoms with Crippen molar-refractivity contribution >= 4 is 18.9 Å². The van der Waals surface area contributed by atoms with Crippen molar-refractivity contribution in [2.75, 3.05) is 0 Å². The molecule has 0 radical (unpaired) electrons. The fourth-order valence-electron chi connectivity index (χ4n) is 3.69. The third kappa shape index (κ3) is 4.19. The third-order valence-electron chi connectivity index (χ3n) is 5.03. The van der Waals surface area contributed by atoms with Crippen LogP contribution >= 0.6 is 0 Å². The highest BCUT2D eigenvalue weighted by molar-refractivity contribution is 6.44. The number of carbonyl (C=O) groups is 1. The van der Waals surface area contributed by atoms with Gasteiger partial charge in [-0.25, -0.2) is 9.78 Å². The second kappa shape index (κ2) is 7.29. The minimum atomic E-state index is -0.538. The van der Waals surface area contributed by atoms with Gasteiger partial charge >= 0.3 is 6.09 Å². The van der Waals surface area contributed by atoms with Crippen LogP contribution in [0.4, 0.5) is 4.79 Å². The molecule has 0 atom stereocenters. The molecule has 0 saturated heterocycles. The Balaban J connectivity index is 1.81. The van der Waals surface area contributed by atoms with Crippen LogP contribution in [0.15, 0.2) is 17.6 Å². The Morgan fingerprint density at radius 3 is 2.73 bits per heavy atom. The Hall–Kier alpha value is -2.05. The smallest absolute Gasteiger partial charge is 0.408 e. The maximum atomic E-state index is 12.4. The molecule has 1 heterocycles. The molecule has 1 fully saturated rings. The zero-order valence-corrected chi connectivity index (χ0v) is 16.3. The summed E-state index contributed by atoms with van der Waals surface area (Å²) in [7, 11) is 1.06. The Kier molecular flexibility index (Phi) is 5.25. The Morgan fingerprint density at radius 1 is 1.35 bits per heavy atom. The molecule has 6 nitrogen and oxygen atoms in total. The summed E-state index contributed by atoms with van der Waals surface area (Å²) in [6.07, 6.45) is 9.90. The quantitative estimate of drug-likeness (QED) is 0.807. The van der Waals surface area contributed by atoms with Crippen molar-refractivity contribution in [3.05, 3.63) is 29.3 Å². The van der Waals surface area contributed by atoms with Gasteiger partial charge in [0.05, 0.1) is 0 Å². The van der Waals surface area contributed by atoms with Crippen molar-refractivity contribution in [2.24, 2.45) is 0 Å². The highest BCUT2D eigenvalue weighted by atomic mass is 16.6. The van der Waals surface area contributed by atoms with Crippen molar-refractivity contribution in [1.82, 2.24) is 20.5 Å². The van der Waals surface area contributed by atoms with Crippen molar-refractivity contribution < 1.29 is 9.53 Å². The van der Waals surface area contributed by atoms with Crippen LogP contribution in [0, 0.1) is 0 Å². The number of aromatic nitrogens is 3. The second-order valence-electron chi connectivity index (χ2n) is 8.28. The number of ether oxygens (including phenoxy) is 1. The van der Waals surface area contributed by atoms with Crippen LogP contribution in [0.5, 0.6) is 0 Å². The Morgan fingerprint density at radius 2 is 2.08 bits per heavy atom. The predicted octanol–water partition coefficient (Wildman–Crippen LogP) is 3.64. The minimum absolute atomic E-state index is 0.407. The molecule has 0 aromatic carbocycles. The highest BCUT2D eigenvalue weighted by Gasteiger charge is 2.42. The molecule has 1 saturated carbocycles. The third-order valence-corrected chi connectivity index (χ3v) is 5.03. The van der Waals surface area contributed by atoms with Gasteiger partial charge in [0.15, 0.2) is 11.6 Å². The van der Waals surface area contributed by atoms with E-state index in [0.29, 0.717) is 5.82 Å². The maximum Gasteiger partial charge on any atom is 0.408 e. The summed E-state index contributed by atoms with van der Waals surface area (Å²) in [5.41, 5.74) is 1.46. The predicted molar refractivity (Wildman–Crippen MR) is 104 cm³/mol. The summed E-state index contributed by atoms with van der Waals surface area (Å²) in [4.78, 5) is 17.1. The molecule has 3 rings (SSSR count). The lowest BCUT2D eigenvalue weighted by Gasteiger charge is -2.29. The Bertz CT molecular complexity index is 724. The number of hydrogen-bond acceptors (Lipinski definition) is 4. The molecule has 1 amide bonds. The number of carbonyl (C=O) groups excluding carboxylic acids is 1. The first-order valence-corrected chi connectivity index (χ1v) is 9.65. The van der Waals surface area contributed by atoms with Gasteiger partial charge in [0.25, 0.3) is 0 Å². The van der Waals surface area contributed by atoms with Crippen molar-refractivity contribution in [1.29, 1.82) is 0 Å². The first-order valence-electron chi connectivity index (χ1n) is 9.65. The molecule has 0 spiro atoms. The van der Waals surface area contributed by atoms with E-state index < -0.39 is 17.2 Å². The monoisotopic (exact) mass is 356 g/mol. The minimum Gasteiger partial charge on any atom is -0.444 e. The molecule has 0 unspecified atom stereocenters. The van der Waals surface area contributed by atoms with Crippen LogP contribution < -0.4 is 5.32 Å². The van der Waals surface area contributed by atoms with Gasteiger partial charge in [-0.1, -0.05) is 31.8 Å². The number of allylic oxidation sites excluding steroid dienone is 4. The number of nitrogens with zero attached hydrogens (tertiary/aromatic N) is 2. The molecule has 0 aliphatic heterocycles. The Labute approximate surface area is 156 Å². The normalized spacial score (nSPS) is 19.5. The number of amides is 1. The summed E-state index contributed by atoms with van der Waals surface area (Å²) in [5.74, 6) is 1.44. The van der Waals surface area contributed by atoms with Crippen molar-refractivity contribution in [3.63, 3.8) is 0 Å². The van der Waals surface area contributed by atoms with Gasteiger partial charge in [-0.05, 0) is 46.5 Å². The first kappa shape index (κ1) is 18.7. The standard InChI is InChI=1S/C19H29BN4O2/c1-18(2,3)26-17(25)22-19(10-5-6-11-19)16-21-15(23-24-16)13-8-7-9-14(12-13)20-4/h8,12,20H,5-7,9-11H2,1-4H3,(H,22,25)(H,21,23,24). The molecule has 2 N–H and O–H groups in total. The maximum absolute atomic E-state index is 12.4. The van der Waals surface area contributed by atoms with E-state index in [1.54, 1.807) is 0 Å². The lowest BCUT2D eigenvalue weighted by atomic mass is 9.68. The number of nitrogens with one attached hydrogen (secondary N) is 2.